The van der Waals surface area contributed by atoms with Gasteiger partial charge in [-0.1, -0.05) is 12.1 Å². The molecule has 0 aliphatic rings. The summed E-state index contributed by atoms with van der Waals surface area (Å²) in [6.45, 7) is 4.34. The molecule has 207 valence electrons. The summed E-state index contributed by atoms with van der Waals surface area (Å²) >= 11 is -0.820. The van der Waals surface area contributed by atoms with Crippen molar-refractivity contribution in [3.05, 3.63) is 95.1 Å². The van der Waals surface area contributed by atoms with Crippen LogP contribution in [0.25, 0.3) is 0 Å². The Kier molecular flexibility index (Phi) is 11.0. The molecule has 39 heavy (non-hydrogen) atoms. The van der Waals surface area contributed by atoms with Gasteiger partial charge < -0.3 is 4.74 Å². The molecule has 1 radical (unpaired) electrons. The van der Waals surface area contributed by atoms with Gasteiger partial charge in [-0.3, -0.25) is 0 Å². The SMILES string of the molecule is COC(=O)c1ccccc1OCCc1ccc(OCC(=O)[As]C(CC(C)C)c2ccc(C(F)(F)F)cc2)cc1. The molecule has 5 nitrogen and oxygen atoms in total. The standard InChI is InChI=1S/C30H31AsF3O5/c1-20(2)18-26(22-10-12-23(13-11-22)30(32,33)34)31-28(35)19-39-24-14-8-21(9-15-24)16-17-38-27-7-5-4-6-25(27)29(36)37-3/h4-15,20,26H,16-19H2,1-3H3. The zero-order chi connectivity index (χ0) is 28.4. The number of hydrogen-bond donors (Lipinski definition) is 0. The van der Waals surface area contributed by atoms with Crippen molar-refractivity contribution < 1.29 is 37.0 Å². The molecule has 3 rings (SSSR count). The third-order valence-electron chi connectivity index (χ3n) is 5.84. The van der Waals surface area contributed by atoms with Crippen molar-refractivity contribution in [2.24, 2.45) is 5.92 Å². The number of ether oxygens (including phenoxy) is 3. The molecule has 0 saturated heterocycles. The Morgan fingerprint density at radius 1 is 0.897 bits per heavy atom. The third-order valence-corrected chi connectivity index (χ3v) is 8.44. The number of alkyl halides is 3. The van der Waals surface area contributed by atoms with Crippen LogP contribution in [0.2, 0.25) is 0 Å². The van der Waals surface area contributed by atoms with Crippen LogP contribution in [0, 0.1) is 5.92 Å². The minimum absolute atomic E-state index is 0.0291. The summed E-state index contributed by atoms with van der Waals surface area (Å²) in [6, 6.07) is 19.3. The maximum atomic E-state index is 12.9. The van der Waals surface area contributed by atoms with Crippen LogP contribution in [0.5, 0.6) is 11.5 Å². The average Bonchev–Trinajstić information content (AvgIpc) is 2.91. The predicted octanol–water partition coefficient (Wildman–Crippen LogP) is 6.51. The van der Waals surface area contributed by atoms with Gasteiger partial charge in [0, 0.05) is 0 Å². The number of benzene rings is 3. The van der Waals surface area contributed by atoms with E-state index in [1.165, 1.54) is 19.2 Å². The van der Waals surface area contributed by atoms with Crippen LogP contribution in [0.15, 0.2) is 72.8 Å². The molecule has 3 aromatic carbocycles. The second-order valence-corrected chi connectivity index (χ2v) is 12.2. The third kappa shape index (κ3) is 9.46. The Morgan fingerprint density at radius 3 is 2.18 bits per heavy atom. The van der Waals surface area contributed by atoms with Crippen LogP contribution in [0.4, 0.5) is 13.2 Å². The van der Waals surface area contributed by atoms with Crippen molar-refractivity contribution in [2.45, 2.75) is 37.6 Å². The summed E-state index contributed by atoms with van der Waals surface area (Å²) in [5.74, 6) is 0.850. The fourth-order valence-corrected chi connectivity index (χ4v) is 6.66. The maximum absolute atomic E-state index is 12.9. The first-order valence-corrected chi connectivity index (χ1v) is 14.5. The minimum atomic E-state index is -4.39. The Balaban J connectivity index is 1.50. The topological polar surface area (TPSA) is 61.8 Å². The number of halogens is 3. The van der Waals surface area contributed by atoms with Gasteiger partial charge in [-0.05, 0) is 6.07 Å². The van der Waals surface area contributed by atoms with E-state index in [0.717, 1.165) is 29.7 Å². The quantitative estimate of drug-likeness (QED) is 0.165. The van der Waals surface area contributed by atoms with Gasteiger partial charge in [0.2, 0.25) is 0 Å². The van der Waals surface area contributed by atoms with Crippen molar-refractivity contribution in [2.75, 3.05) is 20.3 Å². The van der Waals surface area contributed by atoms with E-state index >= 15 is 0 Å². The summed E-state index contributed by atoms with van der Waals surface area (Å²) < 4.78 is 54.9. The zero-order valence-electron chi connectivity index (χ0n) is 22.0. The first-order valence-electron chi connectivity index (χ1n) is 12.5. The van der Waals surface area contributed by atoms with Gasteiger partial charge in [-0.25, -0.2) is 4.79 Å². The van der Waals surface area contributed by atoms with Crippen molar-refractivity contribution >= 4 is 26.3 Å². The van der Waals surface area contributed by atoms with Crippen LogP contribution in [0.1, 0.15) is 52.0 Å². The fourth-order valence-electron chi connectivity index (χ4n) is 3.86. The van der Waals surface area contributed by atoms with Crippen LogP contribution >= 0.6 is 0 Å². The molecule has 3 aromatic rings. The summed E-state index contributed by atoms with van der Waals surface area (Å²) in [5, 5.41) is 0. The van der Waals surface area contributed by atoms with Crippen LogP contribution in [-0.4, -0.2) is 46.6 Å². The number of carbonyl (C=O) groups is 2. The summed E-state index contributed by atoms with van der Waals surface area (Å²) in [6.07, 6.45) is -3.07. The summed E-state index contributed by atoms with van der Waals surface area (Å²) in [4.78, 5) is 24.6. The van der Waals surface area contributed by atoms with E-state index < -0.39 is 33.5 Å². The van der Waals surface area contributed by atoms with E-state index in [1.54, 1.807) is 36.4 Å². The molecule has 1 unspecified atom stereocenters. The Morgan fingerprint density at radius 2 is 1.56 bits per heavy atom. The number of carbonyl (C=O) groups excluding carboxylic acids is 2. The molecule has 0 spiro atoms. The Labute approximate surface area is 233 Å². The van der Waals surface area contributed by atoms with E-state index in [9.17, 15) is 22.8 Å². The first-order chi connectivity index (χ1) is 18.6. The molecule has 0 heterocycles. The Hall–Kier alpha value is -3.25. The van der Waals surface area contributed by atoms with Gasteiger partial charge in [0.05, 0.1) is 7.11 Å². The molecule has 0 N–H and O–H groups in total. The van der Waals surface area contributed by atoms with Crippen molar-refractivity contribution in [1.82, 2.24) is 0 Å². The van der Waals surface area contributed by atoms with Crippen molar-refractivity contribution in [3.8, 4) is 11.5 Å². The molecular formula is C30H31AsF3O5. The molecule has 0 saturated carbocycles. The number of para-hydroxylation sites is 1. The number of methoxy groups -OCH3 is 1. The summed E-state index contributed by atoms with van der Waals surface area (Å²) in [7, 11) is 1.32. The van der Waals surface area contributed by atoms with Gasteiger partial charge in [-0.15, -0.1) is 0 Å². The number of hydrogen-bond acceptors (Lipinski definition) is 5. The first kappa shape index (κ1) is 30.3. The van der Waals surface area contributed by atoms with Gasteiger partial charge in [-0.2, -0.15) is 0 Å². The van der Waals surface area contributed by atoms with Gasteiger partial charge in [0.15, 0.2) is 0 Å². The average molecular weight is 603 g/mol. The zero-order valence-corrected chi connectivity index (χ0v) is 23.9. The van der Waals surface area contributed by atoms with Gasteiger partial charge in [0.25, 0.3) is 0 Å². The molecule has 0 aromatic heterocycles. The van der Waals surface area contributed by atoms with Gasteiger partial charge >= 0.3 is 199 Å². The van der Waals surface area contributed by atoms with E-state index in [-0.39, 0.29) is 15.9 Å². The van der Waals surface area contributed by atoms with E-state index in [0.29, 0.717) is 36.0 Å². The molecule has 0 aliphatic carbocycles. The van der Waals surface area contributed by atoms with Crippen LogP contribution in [0.3, 0.4) is 0 Å². The summed E-state index contributed by atoms with van der Waals surface area (Å²) in [5.41, 5.74) is 1.42. The van der Waals surface area contributed by atoms with E-state index in [2.05, 4.69) is 0 Å². The monoisotopic (exact) mass is 603 g/mol. The second-order valence-electron chi connectivity index (χ2n) is 9.31. The van der Waals surface area contributed by atoms with Crippen LogP contribution < -0.4 is 9.47 Å². The molecule has 0 fully saturated rings. The molecular weight excluding hydrogens is 572 g/mol. The van der Waals surface area contributed by atoms with Crippen LogP contribution in [-0.2, 0) is 22.1 Å². The van der Waals surface area contributed by atoms with Gasteiger partial charge in [0.1, 0.15) is 0 Å². The van der Waals surface area contributed by atoms with Crippen molar-refractivity contribution in [1.29, 1.82) is 0 Å². The molecule has 0 amide bonds. The number of esters is 1. The van der Waals surface area contributed by atoms with Crippen molar-refractivity contribution in [3.63, 3.8) is 0 Å². The fraction of sp³-hybridized carbons (Fsp3) is 0.333. The molecule has 1 atom stereocenters. The molecule has 0 aliphatic heterocycles. The van der Waals surface area contributed by atoms with E-state index in [1.807, 2.05) is 26.0 Å². The van der Waals surface area contributed by atoms with E-state index in [4.69, 9.17) is 14.2 Å². The molecule has 0 bridgehead atoms. The predicted molar refractivity (Wildman–Crippen MR) is 143 cm³/mol. The second kappa shape index (κ2) is 14.2. The molecule has 9 heteroatoms. The normalized spacial score (nSPS) is 12.5. The number of rotatable bonds is 13. The Bertz CT molecular complexity index is 1220.